The summed E-state index contributed by atoms with van der Waals surface area (Å²) in [5.41, 5.74) is 3.44. The molecule has 0 spiro atoms. The molecule has 29 heavy (non-hydrogen) atoms. The molecule has 1 heterocycles. The second-order valence-corrected chi connectivity index (χ2v) is 10.8. The van der Waals surface area contributed by atoms with E-state index in [2.05, 4.69) is 47.5 Å². The van der Waals surface area contributed by atoms with Crippen molar-refractivity contribution >= 4 is 35.1 Å². The van der Waals surface area contributed by atoms with Crippen LogP contribution in [-0.2, 0) is 11.3 Å². The van der Waals surface area contributed by atoms with Crippen LogP contribution in [0.1, 0.15) is 36.8 Å². The molecule has 1 saturated heterocycles. The van der Waals surface area contributed by atoms with Crippen LogP contribution < -0.4 is 5.32 Å². The predicted octanol–water partition coefficient (Wildman–Crippen LogP) is 5.59. The van der Waals surface area contributed by atoms with Gasteiger partial charge in [-0.3, -0.25) is 9.69 Å². The van der Waals surface area contributed by atoms with E-state index in [4.69, 9.17) is 0 Å². The van der Waals surface area contributed by atoms with Crippen LogP contribution in [0, 0.1) is 6.92 Å². The molecule has 0 atom stereocenters. The van der Waals surface area contributed by atoms with Gasteiger partial charge in [0.1, 0.15) is 0 Å². The number of carbonyl (C=O) groups is 1. The Morgan fingerprint density at radius 3 is 2.52 bits per heavy atom. The van der Waals surface area contributed by atoms with Crippen molar-refractivity contribution in [1.29, 1.82) is 0 Å². The van der Waals surface area contributed by atoms with Gasteiger partial charge in [-0.25, -0.2) is 0 Å². The summed E-state index contributed by atoms with van der Waals surface area (Å²) in [7, 11) is 0. The van der Waals surface area contributed by atoms with E-state index >= 15 is 0 Å². The maximum absolute atomic E-state index is 13.4. The zero-order valence-electron chi connectivity index (χ0n) is 17.2. The van der Waals surface area contributed by atoms with Gasteiger partial charge in [-0.1, -0.05) is 43.2 Å². The molecule has 0 unspecified atom stereocenters. The third kappa shape index (κ3) is 5.19. The molecule has 4 rings (SSSR count). The summed E-state index contributed by atoms with van der Waals surface area (Å²) in [5, 5.41) is 3.27. The highest BCUT2D eigenvalue weighted by Gasteiger charge is 2.42. The molecular formula is C24H30N2OS2. The van der Waals surface area contributed by atoms with Crippen molar-refractivity contribution in [2.75, 3.05) is 29.9 Å². The lowest BCUT2D eigenvalue weighted by Crippen LogP contribution is -2.37. The molecule has 5 heteroatoms. The lowest BCUT2D eigenvalue weighted by atomic mass is 10.0. The Morgan fingerprint density at radius 1 is 1.10 bits per heavy atom. The van der Waals surface area contributed by atoms with Crippen molar-refractivity contribution in [3.8, 4) is 0 Å². The molecule has 154 valence electrons. The van der Waals surface area contributed by atoms with E-state index in [1.807, 2.05) is 30.0 Å². The number of thioether (sulfide) groups is 2. The first-order valence-corrected chi connectivity index (χ1v) is 12.6. The molecule has 2 aromatic carbocycles. The van der Waals surface area contributed by atoms with Crippen molar-refractivity contribution in [3.63, 3.8) is 0 Å². The summed E-state index contributed by atoms with van der Waals surface area (Å²) in [4.78, 5) is 17.1. The summed E-state index contributed by atoms with van der Waals surface area (Å²) in [6, 6.07) is 16.9. The fourth-order valence-corrected chi connectivity index (χ4v) is 6.61. The summed E-state index contributed by atoms with van der Waals surface area (Å²) in [6.45, 7) is 5.45. The average molecular weight is 427 g/mol. The topological polar surface area (TPSA) is 32.3 Å². The molecule has 1 aliphatic heterocycles. The number of nitrogens with zero attached hydrogens (tertiary/aromatic N) is 1. The molecule has 2 aliphatic rings. The Morgan fingerprint density at radius 2 is 1.83 bits per heavy atom. The molecule has 0 bridgehead atoms. The van der Waals surface area contributed by atoms with Crippen molar-refractivity contribution in [3.05, 3.63) is 59.7 Å². The van der Waals surface area contributed by atoms with Crippen LogP contribution in [-0.4, -0.2) is 40.1 Å². The van der Waals surface area contributed by atoms with Gasteiger partial charge in [0.2, 0.25) is 5.91 Å². The Bertz CT molecular complexity index is 828. The first-order chi connectivity index (χ1) is 14.1. The Labute approximate surface area is 183 Å². The third-order valence-corrected chi connectivity index (χ3v) is 8.37. The highest BCUT2D eigenvalue weighted by Crippen LogP contribution is 2.46. The van der Waals surface area contributed by atoms with Crippen LogP contribution in [0.25, 0.3) is 0 Å². The lowest BCUT2D eigenvalue weighted by Gasteiger charge is -2.28. The lowest BCUT2D eigenvalue weighted by molar-refractivity contribution is -0.118. The van der Waals surface area contributed by atoms with E-state index in [0.29, 0.717) is 0 Å². The van der Waals surface area contributed by atoms with Crippen molar-refractivity contribution in [1.82, 2.24) is 4.90 Å². The molecule has 2 fully saturated rings. The third-order valence-electron chi connectivity index (χ3n) is 5.93. The van der Waals surface area contributed by atoms with Crippen molar-refractivity contribution in [2.24, 2.45) is 0 Å². The highest BCUT2D eigenvalue weighted by atomic mass is 32.2. The summed E-state index contributed by atoms with van der Waals surface area (Å²) in [5.74, 6) is 2.62. The molecule has 1 saturated carbocycles. The molecular weight excluding hydrogens is 396 g/mol. The average Bonchev–Trinajstić information content (AvgIpc) is 3.21. The largest absolute Gasteiger partial charge is 0.325 e. The van der Waals surface area contributed by atoms with Crippen LogP contribution in [0.3, 0.4) is 0 Å². The number of carbonyl (C=O) groups excluding carboxylic acids is 1. The smallest absolute Gasteiger partial charge is 0.240 e. The molecule has 3 nitrogen and oxygen atoms in total. The number of aryl methyl sites for hydroxylation is 1. The van der Waals surface area contributed by atoms with E-state index in [1.54, 1.807) is 11.8 Å². The minimum Gasteiger partial charge on any atom is -0.325 e. The first-order valence-electron chi connectivity index (χ1n) is 10.6. The Kier molecular flexibility index (Phi) is 6.88. The maximum Gasteiger partial charge on any atom is 0.240 e. The van der Waals surface area contributed by atoms with Crippen LogP contribution in [0.15, 0.2) is 53.4 Å². The quantitative estimate of drug-likeness (QED) is 0.653. The number of hydrogen-bond acceptors (Lipinski definition) is 4. The second-order valence-electron chi connectivity index (χ2n) is 8.11. The Hall–Kier alpha value is -1.43. The number of rotatable bonds is 6. The van der Waals surface area contributed by atoms with E-state index in [0.717, 1.165) is 43.5 Å². The van der Waals surface area contributed by atoms with E-state index < -0.39 is 0 Å². The van der Waals surface area contributed by atoms with Gasteiger partial charge >= 0.3 is 0 Å². The van der Waals surface area contributed by atoms with Gasteiger partial charge in [0.05, 0.1) is 4.75 Å². The number of amides is 1. The van der Waals surface area contributed by atoms with E-state index in [9.17, 15) is 4.79 Å². The van der Waals surface area contributed by atoms with Gasteiger partial charge in [0.25, 0.3) is 0 Å². The van der Waals surface area contributed by atoms with Gasteiger partial charge in [0, 0.05) is 41.7 Å². The number of nitrogens with one attached hydrogen (secondary N) is 1. The van der Waals surface area contributed by atoms with Gasteiger partial charge in [0.15, 0.2) is 0 Å². The number of hydrogen-bond donors (Lipinski definition) is 1. The molecule has 0 aromatic heterocycles. The molecule has 1 N–H and O–H groups in total. The van der Waals surface area contributed by atoms with Crippen molar-refractivity contribution in [2.45, 2.75) is 48.8 Å². The zero-order chi connectivity index (χ0) is 20.1. The summed E-state index contributed by atoms with van der Waals surface area (Å²) < 4.78 is -0.349. The second kappa shape index (κ2) is 9.59. The highest BCUT2D eigenvalue weighted by molar-refractivity contribution is 8.01. The van der Waals surface area contributed by atoms with Crippen molar-refractivity contribution < 1.29 is 4.79 Å². The monoisotopic (exact) mass is 426 g/mol. The standard InChI is InChI=1S/C24H30N2OS2/c1-19-17-20(18-26-13-15-28-16-14-26)9-10-22(19)25-23(27)24(11-5-6-12-24)29-21-7-3-2-4-8-21/h2-4,7-10,17H,5-6,11-16,18H2,1H3,(H,25,27). The summed E-state index contributed by atoms with van der Waals surface area (Å²) in [6.07, 6.45) is 4.14. The molecule has 2 aromatic rings. The molecule has 0 radical (unpaired) electrons. The normalized spacial score (nSPS) is 19.2. The van der Waals surface area contributed by atoms with Crippen LogP contribution >= 0.6 is 23.5 Å². The maximum atomic E-state index is 13.4. The fourth-order valence-electron chi connectivity index (χ4n) is 4.25. The predicted molar refractivity (Wildman–Crippen MR) is 126 cm³/mol. The molecule has 1 aliphatic carbocycles. The van der Waals surface area contributed by atoms with E-state index in [1.165, 1.54) is 35.1 Å². The van der Waals surface area contributed by atoms with Gasteiger partial charge in [-0.05, 0) is 49.1 Å². The van der Waals surface area contributed by atoms with Crippen LogP contribution in [0.5, 0.6) is 0 Å². The van der Waals surface area contributed by atoms with Gasteiger partial charge < -0.3 is 5.32 Å². The Balaban J connectivity index is 1.45. The summed E-state index contributed by atoms with van der Waals surface area (Å²) >= 11 is 3.78. The number of anilines is 1. The SMILES string of the molecule is Cc1cc(CN2CCSCC2)ccc1NC(=O)C1(Sc2ccccc2)CCCC1. The molecule has 1 amide bonds. The zero-order valence-corrected chi connectivity index (χ0v) is 18.8. The van der Waals surface area contributed by atoms with Gasteiger partial charge in [-0.2, -0.15) is 11.8 Å². The van der Waals surface area contributed by atoms with Crippen LogP contribution in [0.2, 0.25) is 0 Å². The van der Waals surface area contributed by atoms with Crippen LogP contribution in [0.4, 0.5) is 5.69 Å². The van der Waals surface area contributed by atoms with Gasteiger partial charge in [-0.15, -0.1) is 11.8 Å². The minimum atomic E-state index is -0.349. The van der Waals surface area contributed by atoms with E-state index in [-0.39, 0.29) is 10.7 Å². The number of benzene rings is 2. The first kappa shape index (κ1) is 20.8. The minimum absolute atomic E-state index is 0.160. The fraction of sp³-hybridized carbons (Fsp3) is 0.458.